The number of nitrogens with zero attached hydrogens (tertiary/aromatic N) is 1. The van der Waals surface area contributed by atoms with Crippen molar-refractivity contribution in [1.82, 2.24) is 10.3 Å². The Kier molecular flexibility index (Phi) is 5.57. The van der Waals surface area contributed by atoms with E-state index in [9.17, 15) is 9.59 Å². The number of benzene rings is 1. The van der Waals surface area contributed by atoms with E-state index < -0.39 is 0 Å². The highest BCUT2D eigenvalue weighted by molar-refractivity contribution is 7.17. The van der Waals surface area contributed by atoms with Gasteiger partial charge >= 0.3 is 0 Å². The summed E-state index contributed by atoms with van der Waals surface area (Å²) in [6.45, 7) is 0.406. The van der Waals surface area contributed by atoms with Crippen LogP contribution >= 0.6 is 11.3 Å². The Morgan fingerprint density at radius 1 is 1.14 bits per heavy atom. The van der Waals surface area contributed by atoms with E-state index in [4.69, 9.17) is 4.74 Å². The Labute approximate surface area is 172 Å². The number of hydrogen-bond acceptors (Lipinski definition) is 5. The number of carbonyl (C=O) groups is 2. The minimum atomic E-state index is -0.262. The molecule has 2 N–H and O–H groups in total. The second-order valence-corrected chi connectivity index (χ2v) is 7.89. The highest BCUT2D eigenvalue weighted by Gasteiger charge is 2.27. The van der Waals surface area contributed by atoms with Crippen molar-refractivity contribution in [2.24, 2.45) is 0 Å². The molecule has 6 nitrogen and oxygen atoms in total. The number of fused-ring (bicyclic) bond motifs is 1. The Hall–Kier alpha value is -3.19. The molecule has 1 aliphatic rings. The number of thiophene rings is 1. The summed E-state index contributed by atoms with van der Waals surface area (Å²) in [5.41, 5.74) is 3.09. The van der Waals surface area contributed by atoms with Crippen LogP contribution in [0.3, 0.4) is 0 Å². The first-order valence-corrected chi connectivity index (χ1v) is 10.2. The lowest BCUT2D eigenvalue weighted by Crippen LogP contribution is -2.25. The molecule has 0 saturated carbocycles. The van der Waals surface area contributed by atoms with Crippen LogP contribution in [-0.4, -0.2) is 23.9 Å². The topological polar surface area (TPSA) is 80.3 Å². The lowest BCUT2D eigenvalue weighted by molar-refractivity contribution is 0.0951. The molecule has 29 heavy (non-hydrogen) atoms. The zero-order valence-corrected chi connectivity index (χ0v) is 16.8. The fourth-order valence-electron chi connectivity index (χ4n) is 3.42. The van der Waals surface area contributed by atoms with Crippen LogP contribution in [-0.2, 0) is 19.4 Å². The van der Waals surface area contributed by atoms with Crippen LogP contribution in [0.15, 0.2) is 48.8 Å². The molecule has 0 spiro atoms. The number of ether oxygens (including phenoxy) is 1. The van der Waals surface area contributed by atoms with Crippen LogP contribution in [0.1, 0.15) is 43.1 Å². The van der Waals surface area contributed by atoms with Gasteiger partial charge in [-0.2, -0.15) is 0 Å². The van der Waals surface area contributed by atoms with Gasteiger partial charge in [-0.05, 0) is 54.7 Å². The van der Waals surface area contributed by atoms with Crippen LogP contribution < -0.4 is 15.4 Å². The van der Waals surface area contributed by atoms with Crippen molar-refractivity contribution in [3.63, 3.8) is 0 Å². The normalized spacial score (nSPS) is 12.3. The number of pyridine rings is 1. The van der Waals surface area contributed by atoms with E-state index in [1.54, 1.807) is 25.4 Å². The van der Waals surface area contributed by atoms with Gasteiger partial charge in [0, 0.05) is 23.8 Å². The smallest absolute Gasteiger partial charge is 0.257 e. The average molecular weight is 407 g/mol. The zero-order valence-electron chi connectivity index (χ0n) is 16.0. The summed E-state index contributed by atoms with van der Waals surface area (Å²) in [5, 5.41) is 6.51. The largest absolute Gasteiger partial charge is 0.497 e. The summed E-state index contributed by atoms with van der Waals surface area (Å²) in [7, 11) is 1.62. The van der Waals surface area contributed by atoms with Crippen LogP contribution in [0.25, 0.3) is 0 Å². The van der Waals surface area contributed by atoms with Gasteiger partial charge < -0.3 is 15.4 Å². The lowest BCUT2D eigenvalue weighted by Gasteiger charge is -2.10. The summed E-state index contributed by atoms with van der Waals surface area (Å²) in [4.78, 5) is 30.7. The maximum atomic E-state index is 13.0. The number of aromatic nitrogens is 1. The van der Waals surface area contributed by atoms with Gasteiger partial charge in [-0.1, -0.05) is 12.1 Å². The highest BCUT2D eigenvalue weighted by Crippen LogP contribution is 2.39. The van der Waals surface area contributed by atoms with Gasteiger partial charge in [-0.15, -0.1) is 11.3 Å². The number of rotatable bonds is 6. The van der Waals surface area contributed by atoms with E-state index in [1.165, 1.54) is 22.4 Å². The summed E-state index contributed by atoms with van der Waals surface area (Å²) in [6.07, 6.45) is 5.98. The average Bonchev–Trinajstić information content (AvgIpc) is 3.34. The Morgan fingerprint density at radius 2 is 1.97 bits per heavy atom. The fraction of sp³-hybridized carbons (Fsp3) is 0.227. The third-order valence-electron chi connectivity index (χ3n) is 4.91. The molecule has 0 unspecified atom stereocenters. The van der Waals surface area contributed by atoms with Crippen molar-refractivity contribution in [1.29, 1.82) is 0 Å². The lowest BCUT2D eigenvalue weighted by atomic mass is 10.1. The summed E-state index contributed by atoms with van der Waals surface area (Å²) in [5.74, 6) is 0.347. The van der Waals surface area contributed by atoms with Gasteiger partial charge in [-0.3, -0.25) is 14.6 Å². The first kappa shape index (κ1) is 19.1. The molecule has 148 valence electrons. The van der Waals surface area contributed by atoms with Gasteiger partial charge in [0.25, 0.3) is 11.8 Å². The fourth-order valence-corrected chi connectivity index (χ4v) is 4.70. The standard InChI is InChI=1S/C22H21N3O3S/c1-28-16-9-7-14(8-10-16)12-24-21(27)19-17-5-2-6-18(17)29-22(19)25-20(26)15-4-3-11-23-13-15/h3-4,7-11,13H,2,5-6,12H2,1H3,(H,24,27)(H,25,26). The molecule has 2 aromatic heterocycles. The maximum absolute atomic E-state index is 13.0. The van der Waals surface area contributed by atoms with E-state index in [1.807, 2.05) is 24.3 Å². The molecule has 2 amide bonds. The molecule has 1 aliphatic carbocycles. The zero-order chi connectivity index (χ0) is 20.2. The number of methoxy groups -OCH3 is 1. The van der Waals surface area contributed by atoms with Crippen LogP contribution in [0.4, 0.5) is 5.00 Å². The van der Waals surface area contributed by atoms with E-state index in [0.717, 1.165) is 36.1 Å². The Balaban J connectivity index is 1.52. The monoisotopic (exact) mass is 407 g/mol. The van der Waals surface area contributed by atoms with Gasteiger partial charge in [-0.25, -0.2) is 0 Å². The number of hydrogen-bond donors (Lipinski definition) is 2. The number of amides is 2. The van der Waals surface area contributed by atoms with Gasteiger partial charge in [0.05, 0.1) is 18.2 Å². The van der Waals surface area contributed by atoms with Crippen LogP contribution in [0, 0.1) is 0 Å². The molecular weight excluding hydrogens is 386 g/mol. The Bertz CT molecular complexity index is 1030. The molecule has 2 heterocycles. The molecular formula is C22H21N3O3S. The summed E-state index contributed by atoms with van der Waals surface area (Å²) < 4.78 is 5.16. The van der Waals surface area contributed by atoms with E-state index >= 15 is 0 Å². The minimum absolute atomic E-state index is 0.165. The molecule has 0 fully saturated rings. The SMILES string of the molecule is COc1ccc(CNC(=O)c2c(NC(=O)c3cccnc3)sc3c2CCC3)cc1. The van der Waals surface area contributed by atoms with Crippen LogP contribution in [0.2, 0.25) is 0 Å². The van der Waals surface area contributed by atoms with Crippen molar-refractivity contribution in [3.8, 4) is 5.75 Å². The molecule has 3 aromatic rings. The summed E-state index contributed by atoms with van der Waals surface area (Å²) in [6, 6.07) is 11.0. The third-order valence-corrected chi connectivity index (χ3v) is 6.12. The first-order valence-electron chi connectivity index (χ1n) is 9.42. The van der Waals surface area contributed by atoms with Gasteiger partial charge in [0.15, 0.2) is 0 Å². The van der Waals surface area contributed by atoms with E-state index in [2.05, 4.69) is 15.6 Å². The minimum Gasteiger partial charge on any atom is -0.497 e. The van der Waals surface area contributed by atoms with E-state index in [-0.39, 0.29) is 11.8 Å². The van der Waals surface area contributed by atoms with Crippen molar-refractivity contribution in [2.45, 2.75) is 25.8 Å². The number of nitrogens with one attached hydrogen (secondary N) is 2. The molecule has 1 aromatic carbocycles. The number of aryl methyl sites for hydroxylation is 1. The maximum Gasteiger partial charge on any atom is 0.257 e. The predicted octanol–water partition coefficient (Wildman–Crippen LogP) is 3.82. The van der Waals surface area contributed by atoms with Crippen molar-refractivity contribution in [3.05, 3.63) is 75.9 Å². The molecule has 0 atom stereocenters. The molecule has 7 heteroatoms. The molecule has 0 bridgehead atoms. The van der Waals surface area contributed by atoms with Crippen molar-refractivity contribution < 1.29 is 14.3 Å². The number of carbonyl (C=O) groups excluding carboxylic acids is 2. The van der Waals surface area contributed by atoms with Crippen molar-refractivity contribution in [2.75, 3.05) is 12.4 Å². The second-order valence-electron chi connectivity index (χ2n) is 6.79. The van der Waals surface area contributed by atoms with E-state index in [0.29, 0.717) is 22.7 Å². The number of anilines is 1. The quantitative estimate of drug-likeness (QED) is 0.651. The van der Waals surface area contributed by atoms with Gasteiger partial charge in [0.2, 0.25) is 0 Å². The molecule has 0 radical (unpaired) electrons. The molecule has 0 saturated heterocycles. The predicted molar refractivity (Wildman–Crippen MR) is 113 cm³/mol. The molecule has 0 aliphatic heterocycles. The molecule has 4 rings (SSSR count). The highest BCUT2D eigenvalue weighted by atomic mass is 32.1. The Morgan fingerprint density at radius 3 is 2.69 bits per heavy atom. The first-order chi connectivity index (χ1) is 14.2. The van der Waals surface area contributed by atoms with Gasteiger partial charge in [0.1, 0.15) is 10.8 Å². The van der Waals surface area contributed by atoms with Crippen LogP contribution in [0.5, 0.6) is 5.75 Å². The summed E-state index contributed by atoms with van der Waals surface area (Å²) >= 11 is 1.50. The third kappa shape index (κ3) is 4.14. The van der Waals surface area contributed by atoms with Crippen molar-refractivity contribution >= 4 is 28.2 Å². The second kappa shape index (κ2) is 8.45.